The van der Waals surface area contributed by atoms with E-state index < -0.39 is 23.2 Å². The highest BCUT2D eigenvalue weighted by Crippen LogP contribution is 2.16. The fourth-order valence-electron chi connectivity index (χ4n) is 3.36. The molecule has 1 N–H and O–H groups in total. The second-order valence-electron chi connectivity index (χ2n) is 7.29. The molecule has 2 heterocycles. The third-order valence-electron chi connectivity index (χ3n) is 5.13. The van der Waals surface area contributed by atoms with Gasteiger partial charge in [0.1, 0.15) is 11.5 Å². The molecule has 1 atom stereocenters. The zero-order chi connectivity index (χ0) is 22.4. The van der Waals surface area contributed by atoms with Crippen LogP contribution in [0, 0.1) is 11.6 Å². The number of aryl methyl sites for hydroxylation is 1. The van der Waals surface area contributed by atoms with Crippen molar-refractivity contribution >= 4 is 11.8 Å². The van der Waals surface area contributed by atoms with Crippen LogP contribution < -0.4 is 5.32 Å². The first-order valence-corrected chi connectivity index (χ1v) is 9.88. The maximum Gasteiger partial charge on any atom is 0.275 e. The number of carbonyl (C=O) groups excluding carboxylic acids is 2. The molecule has 0 aliphatic carbocycles. The van der Waals surface area contributed by atoms with Gasteiger partial charge in [-0.2, -0.15) is 0 Å². The standard InChI is InChI=1S/C23H24F2N4O2/c1-28-12-6-9-20(28)22(30)26-11-10-18(13-16-7-4-3-5-8-16)29(2)23(31)21-19(25)14-17(24)15-27-21/h3-9,12,14-15,18H,10-11,13H2,1-2H3,(H,26,30)/t18-/m1/s1. The van der Waals surface area contributed by atoms with E-state index in [4.69, 9.17) is 0 Å². The van der Waals surface area contributed by atoms with Gasteiger partial charge in [-0.05, 0) is 30.5 Å². The fraction of sp³-hybridized carbons (Fsp3) is 0.261. The molecule has 0 spiro atoms. The van der Waals surface area contributed by atoms with Crippen molar-refractivity contribution in [1.82, 2.24) is 19.8 Å². The van der Waals surface area contributed by atoms with E-state index >= 15 is 0 Å². The minimum absolute atomic E-state index is 0.216. The van der Waals surface area contributed by atoms with Crippen molar-refractivity contribution in [3.8, 4) is 0 Å². The number of nitrogens with zero attached hydrogens (tertiary/aromatic N) is 3. The van der Waals surface area contributed by atoms with Crippen molar-refractivity contribution in [3.63, 3.8) is 0 Å². The van der Waals surface area contributed by atoms with Crippen molar-refractivity contribution < 1.29 is 18.4 Å². The van der Waals surface area contributed by atoms with Gasteiger partial charge >= 0.3 is 0 Å². The number of nitrogens with one attached hydrogen (secondary N) is 1. The summed E-state index contributed by atoms with van der Waals surface area (Å²) in [6.45, 7) is 0.318. The van der Waals surface area contributed by atoms with Gasteiger partial charge in [0, 0.05) is 38.9 Å². The highest BCUT2D eigenvalue weighted by Gasteiger charge is 2.25. The molecule has 31 heavy (non-hydrogen) atoms. The Balaban J connectivity index is 1.73. The van der Waals surface area contributed by atoms with Gasteiger partial charge in [-0.25, -0.2) is 13.8 Å². The highest BCUT2D eigenvalue weighted by molar-refractivity contribution is 5.93. The van der Waals surface area contributed by atoms with Crippen molar-refractivity contribution in [2.45, 2.75) is 18.9 Å². The van der Waals surface area contributed by atoms with Crippen LogP contribution in [0.25, 0.3) is 0 Å². The number of amides is 2. The van der Waals surface area contributed by atoms with Gasteiger partial charge in [0.05, 0.1) is 6.20 Å². The molecule has 0 radical (unpaired) electrons. The molecule has 3 rings (SSSR count). The van der Waals surface area contributed by atoms with Crippen LogP contribution >= 0.6 is 0 Å². The van der Waals surface area contributed by atoms with Crippen LogP contribution in [0.2, 0.25) is 0 Å². The number of benzene rings is 1. The van der Waals surface area contributed by atoms with E-state index in [1.54, 1.807) is 37.0 Å². The normalized spacial score (nSPS) is 11.7. The molecule has 6 nitrogen and oxygen atoms in total. The highest BCUT2D eigenvalue weighted by atomic mass is 19.1. The number of carbonyl (C=O) groups is 2. The molecular weight excluding hydrogens is 402 g/mol. The molecule has 2 amide bonds. The van der Waals surface area contributed by atoms with Gasteiger partial charge < -0.3 is 14.8 Å². The second kappa shape index (κ2) is 9.97. The van der Waals surface area contributed by atoms with Gasteiger partial charge in [0.2, 0.25) is 0 Å². The zero-order valence-electron chi connectivity index (χ0n) is 17.4. The van der Waals surface area contributed by atoms with Gasteiger partial charge in [0.25, 0.3) is 11.8 Å². The third-order valence-corrected chi connectivity index (χ3v) is 5.13. The summed E-state index contributed by atoms with van der Waals surface area (Å²) < 4.78 is 29.0. The Morgan fingerprint density at radius 3 is 2.55 bits per heavy atom. The van der Waals surface area contributed by atoms with E-state index in [-0.39, 0.29) is 11.9 Å². The van der Waals surface area contributed by atoms with Crippen molar-refractivity contribution in [2.75, 3.05) is 13.6 Å². The van der Waals surface area contributed by atoms with Gasteiger partial charge in [-0.1, -0.05) is 30.3 Å². The van der Waals surface area contributed by atoms with E-state index in [2.05, 4.69) is 10.3 Å². The third kappa shape index (κ3) is 5.53. The second-order valence-corrected chi connectivity index (χ2v) is 7.29. The molecule has 0 fully saturated rings. The number of rotatable bonds is 8. The minimum Gasteiger partial charge on any atom is -0.351 e. The summed E-state index contributed by atoms with van der Waals surface area (Å²) in [6, 6.07) is 13.4. The molecular formula is C23H24F2N4O2. The number of aromatic nitrogens is 2. The first kappa shape index (κ1) is 22.1. The average molecular weight is 426 g/mol. The Kier molecular flexibility index (Phi) is 7.12. The summed E-state index contributed by atoms with van der Waals surface area (Å²) in [5, 5.41) is 2.86. The molecule has 1 aromatic carbocycles. The van der Waals surface area contributed by atoms with Crippen molar-refractivity contribution in [2.24, 2.45) is 7.05 Å². The molecule has 0 aliphatic heterocycles. The summed E-state index contributed by atoms with van der Waals surface area (Å²) in [7, 11) is 3.34. The van der Waals surface area contributed by atoms with E-state index in [9.17, 15) is 18.4 Å². The van der Waals surface area contributed by atoms with Crippen LogP contribution in [-0.4, -0.2) is 45.9 Å². The van der Waals surface area contributed by atoms with E-state index in [0.717, 1.165) is 11.8 Å². The topological polar surface area (TPSA) is 67.2 Å². The minimum atomic E-state index is -1.01. The first-order chi connectivity index (χ1) is 14.9. The number of halogens is 2. The predicted molar refractivity (Wildman–Crippen MR) is 113 cm³/mol. The molecule has 0 unspecified atom stereocenters. The van der Waals surface area contributed by atoms with Crippen molar-refractivity contribution in [1.29, 1.82) is 0 Å². The van der Waals surface area contributed by atoms with Crippen LogP contribution in [0.3, 0.4) is 0 Å². The monoisotopic (exact) mass is 426 g/mol. The maximum atomic E-state index is 14.1. The number of likely N-dealkylation sites (N-methyl/N-ethyl adjacent to an activating group) is 1. The van der Waals surface area contributed by atoms with Crippen LogP contribution in [-0.2, 0) is 13.5 Å². The molecule has 3 aromatic rings. The van der Waals surface area contributed by atoms with E-state index in [1.807, 2.05) is 30.3 Å². The van der Waals surface area contributed by atoms with E-state index in [1.165, 1.54) is 4.90 Å². The summed E-state index contributed by atoms with van der Waals surface area (Å²) in [4.78, 5) is 30.2. The first-order valence-electron chi connectivity index (χ1n) is 9.88. The Labute approximate surface area is 179 Å². The number of hydrogen-bond donors (Lipinski definition) is 1. The Morgan fingerprint density at radius 2 is 1.90 bits per heavy atom. The molecule has 2 aromatic heterocycles. The Morgan fingerprint density at radius 1 is 1.16 bits per heavy atom. The lowest BCUT2D eigenvalue weighted by molar-refractivity contribution is 0.0711. The SMILES string of the molecule is CN(C(=O)c1ncc(F)cc1F)[C@H](CCNC(=O)c1cccn1C)Cc1ccccc1. The predicted octanol–water partition coefficient (Wildman–Crippen LogP) is 3.20. The molecule has 0 saturated carbocycles. The lowest BCUT2D eigenvalue weighted by Crippen LogP contribution is -2.41. The summed E-state index contributed by atoms with van der Waals surface area (Å²) in [5.74, 6) is -2.72. The molecule has 162 valence electrons. The summed E-state index contributed by atoms with van der Waals surface area (Å²) in [5.41, 5.74) is 1.09. The summed E-state index contributed by atoms with van der Waals surface area (Å²) in [6.07, 6.45) is 3.54. The largest absolute Gasteiger partial charge is 0.351 e. The van der Waals surface area contributed by atoms with Crippen molar-refractivity contribution in [3.05, 3.63) is 89.5 Å². The zero-order valence-corrected chi connectivity index (χ0v) is 17.4. The molecule has 0 saturated heterocycles. The Bertz CT molecular complexity index is 1050. The van der Waals surface area contributed by atoms with Crippen LogP contribution in [0.5, 0.6) is 0 Å². The lowest BCUT2D eigenvalue weighted by atomic mass is 10.0. The molecule has 0 bridgehead atoms. The number of pyridine rings is 1. The van der Waals surface area contributed by atoms with Gasteiger partial charge in [0.15, 0.2) is 11.5 Å². The molecule has 0 aliphatic rings. The quantitative estimate of drug-likeness (QED) is 0.602. The van der Waals surface area contributed by atoms with Crippen LogP contribution in [0.1, 0.15) is 33.0 Å². The summed E-state index contributed by atoms with van der Waals surface area (Å²) >= 11 is 0. The smallest absolute Gasteiger partial charge is 0.275 e. The number of hydrogen-bond acceptors (Lipinski definition) is 3. The van der Waals surface area contributed by atoms with Gasteiger partial charge in [-0.15, -0.1) is 0 Å². The maximum absolute atomic E-state index is 14.1. The van der Waals surface area contributed by atoms with Crippen LogP contribution in [0.4, 0.5) is 8.78 Å². The average Bonchev–Trinajstić information content (AvgIpc) is 3.18. The van der Waals surface area contributed by atoms with E-state index in [0.29, 0.717) is 31.1 Å². The molecule has 8 heteroatoms. The Hall–Kier alpha value is -3.55. The van der Waals surface area contributed by atoms with Crippen LogP contribution in [0.15, 0.2) is 60.9 Å². The lowest BCUT2D eigenvalue weighted by Gasteiger charge is -2.28. The fourth-order valence-corrected chi connectivity index (χ4v) is 3.36. The van der Waals surface area contributed by atoms with Gasteiger partial charge in [-0.3, -0.25) is 9.59 Å².